The number of hydrogen-bond acceptors (Lipinski definition) is 3. The first kappa shape index (κ1) is 16.4. The van der Waals surface area contributed by atoms with E-state index in [-0.39, 0.29) is 0 Å². The van der Waals surface area contributed by atoms with Crippen LogP contribution < -0.4 is 10.5 Å². The molecule has 1 unspecified atom stereocenters. The zero-order chi connectivity index (χ0) is 17.3. The first-order valence-corrected chi connectivity index (χ1v) is 8.25. The Kier molecular flexibility index (Phi) is 4.22. The smallest absolute Gasteiger partial charge is 0.405 e. The molecule has 4 heteroatoms. The molecule has 126 valence electrons. The molecule has 0 aromatic heterocycles. The van der Waals surface area contributed by atoms with Crippen molar-refractivity contribution in [3.63, 3.8) is 0 Å². The molecule has 2 aromatic rings. The van der Waals surface area contributed by atoms with Gasteiger partial charge in [0.25, 0.3) is 0 Å². The van der Waals surface area contributed by atoms with E-state index in [9.17, 15) is 4.79 Å². The van der Waals surface area contributed by atoms with Crippen LogP contribution in [0.2, 0.25) is 0 Å². The fourth-order valence-corrected chi connectivity index (χ4v) is 3.15. The maximum atomic E-state index is 11.2. The Morgan fingerprint density at radius 2 is 1.96 bits per heavy atom. The summed E-state index contributed by atoms with van der Waals surface area (Å²) in [5.74, 6) is 1.23. The Hall–Kier alpha value is -2.49. The number of fused-ring (bicyclic) bond motifs is 1. The van der Waals surface area contributed by atoms with Crippen molar-refractivity contribution >= 4 is 6.09 Å². The lowest BCUT2D eigenvalue weighted by atomic mass is 9.88. The molecule has 0 saturated heterocycles. The van der Waals surface area contributed by atoms with Crippen molar-refractivity contribution in [2.75, 3.05) is 6.61 Å². The Morgan fingerprint density at radius 1 is 1.21 bits per heavy atom. The van der Waals surface area contributed by atoms with Gasteiger partial charge < -0.3 is 15.2 Å². The third-order valence-electron chi connectivity index (χ3n) is 4.60. The van der Waals surface area contributed by atoms with E-state index in [1.165, 1.54) is 5.56 Å². The van der Waals surface area contributed by atoms with Gasteiger partial charge in [-0.05, 0) is 35.6 Å². The van der Waals surface area contributed by atoms with Gasteiger partial charge >= 0.3 is 6.09 Å². The van der Waals surface area contributed by atoms with Crippen molar-refractivity contribution in [3.05, 3.63) is 53.6 Å². The quantitative estimate of drug-likeness (QED) is 0.899. The van der Waals surface area contributed by atoms with Crippen molar-refractivity contribution in [1.82, 2.24) is 0 Å². The van der Waals surface area contributed by atoms with Crippen molar-refractivity contribution in [3.8, 4) is 16.9 Å². The Bertz CT molecular complexity index is 769. The minimum atomic E-state index is -0.765. The normalized spacial score (nSPS) is 19.5. The molecule has 0 bridgehead atoms. The topological polar surface area (TPSA) is 61.6 Å². The number of rotatable bonds is 3. The number of benzene rings is 2. The molecular formula is C20H23NO3. The molecule has 0 spiro atoms. The van der Waals surface area contributed by atoms with Crippen molar-refractivity contribution in [2.24, 2.45) is 5.73 Å². The second kappa shape index (κ2) is 6.19. The molecule has 1 aliphatic heterocycles. The lowest BCUT2D eigenvalue weighted by molar-refractivity contribution is -0.00280. The van der Waals surface area contributed by atoms with Crippen LogP contribution in [0.4, 0.5) is 4.79 Å². The van der Waals surface area contributed by atoms with Crippen LogP contribution in [0, 0.1) is 0 Å². The number of amides is 1. The number of carbonyl (C=O) groups excluding carboxylic acids is 1. The number of primary amides is 1. The summed E-state index contributed by atoms with van der Waals surface area (Å²) in [5.41, 5.74) is 8.88. The Labute approximate surface area is 142 Å². The van der Waals surface area contributed by atoms with Gasteiger partial charge in [0.05, 0.1) is 6.61 Å². The lowest BCUT2D eigenvalue weighted by Gasteiger charge is -2.34. The standard InChI is InChI=1S/C20H23NO3/c1-13(2)14-5-4-6-15(11-14)16-7-8-17-18(12-16)23-10-9-20(17,3)24-19(21)22/h4-8,11-13H,9-10H2,1-3H3,(H2,21,22). The van der Waals surface area contributed by atoms with Gasteiger partial charge in [-0.25, -0.2) is 4.79 Å². The first-order valence-electron chi connectivity index (χ1n) is 8.25. The summed E-state index contributed by atoms with van der Waals surface area (Å²) in [6.45, 7) is 6.73. The van der Waals surface area contributed by atoms with E-state index in [1.54, 1.807) is 0 Å². The molecule has 1 heterocycles. The van der Waals surface area contributed by atoms with Crippen LogP contribution in [0.1, 0.15) is 44.2 Å². The predicted octanol–water partition coefficient (Wildman–Crippen LogP) is 4.57. The summed E-state index contributed by atoms with van der Waals surface area (Å²) in [4.78, 5) is 11.2. The Morgan fingerprint density at radius 3 is 2.67 bits per heavy atom. The minimum Gasteiger partial charge on any atom is -0.493 e. The molecule has 0 saturated carbocycles. The molecule has 2 aromatic carbocycles. The molecule has 1 amide bonds. The van der Waals surface area contributed by atoms with Crippen LogP contribution in [0.15, 0.2) is 42.5 Å². The zero-order valence-corrected chi connectivity index (χ0v) is 14.3. The summed E-state index contributed by atoms with van der Waals surface area (Å²) < 4.78 is 11.2. The molecule has 0 radical (unpaired) electrons. The van der Waals surface area contributed by atoms with E-state index in [0.717, 1.165) is 22.4 Å². The van der Waals surface area contributed by atoms with Crippen LogP contribution in [-0.4, -0.2) is 12.7 Å². The maximum absolute atomic E-state index is 11.2. The van der Waals surface area contributed by atoms with Crippen molar-refractivity contribution < 1.29 is 14.3 Å². The average molecular weight is 325 g/mol. The summed E-state index contributed by atoms with van der Waals surface area (Å²) in [5, 5.41) is 0. The fourth-order valence-electron chi connectivity index (χ4n) is 3.15. The van der Waals surface area contributed by atoms with E-state index in [0.29, 0.717) is 18.9 Å². The second-order valence-corrected chi connectivity index (χ2v) is 6.74. The highest BCUT2D eigenvalue weighted by Crippen LogP contribution is 2.41. The van der Waals surface area contributed by atoms with Gasteiger partial charge in [-0.3, -0.25) is 0 Å². The largest absolute Gasteiger partial charge is 0.493 e. The van der Waals surface area contributed by atoms with E-state index in [2.05, 4.69) is 38.1 Å². The van der Waals surface area contributed by atoms with Crippen molar-refractivity contribution in [1.29, 1.82) is 0 Å². The fraction of sp³-hybridized carbons (Fsp3) is 0.350. The third kappa shape index (κ3) is 3.09. The lowest BCUT2D eigenvalue weighted by Crippen LogP contribution is -2.36. The minimum absolute atomic E-state index is 0.478. The highest BCUT2D eigenvalue weighted by atomic mass is 16.6. The van der Waals surface area contributed by atoms with E-state index in [4.69, 9.17) is 15.2 Å². The van der Waals surface area contributed by atoms with Crippen LogP contribution in [-0.2, 0) is 10.3 Å². The average Bonchev–Trinajstić information content (AvgIpc) is 2.54. The van der Waals surface area contributed by atoms with Gasteiger partial charge in [-0.2, -0.15) is 0 Å². The van der Waals surface area contributed by atoms with Crippen LogP contribution in [0.25, 0.3) is 11.1 Å². The molecule has 0 aliphatic carbocycles. The van der Waals surface area contributed by atoms with Gasteiger partial charge in [-0.1, -0.05) is 50.2 Å². The van der Waals surface area contributed by atoms with Gasteiger partial charge in [0.1, 0.15) is 11.4 Å². The first-order chi connectivity index (χ1) is 11.4. The molecule has 0 fully saturated rings. The summed E-state index contributed by atoms with van der Waals surface area (Å²) in [6, 6.07) is 14.5. The summed E-state index contributed by atoms with van der Waals surface area (Å²) in [7, 11) is 0. The van der Waals surface area contributed by atoms with E-state index >= 15 is 0 Å². The van der Waals surface area contributed by atoms with E-state index < -0.39 is 11.7 Å². The Balaban J connectivity index is 2.00. The number of nitrogens with two attached hydrogens (primary N) is 1. The zero-order valence-electron chi connectivity index (χ0n) is 14.3. The van der Waals surface area contributed by atoms with Crippen LogP contribution in [0.3, 0.4) is 0 Å². The summed E-state index contributed by atoms with van der Waals surface area (Å²) in [6.07, 6.45) is -0.176. The molecule has 3 rings (SSSR count). The van der Waals surface area contributed by atoms with Gasteiger partial charge in [0.2, 0.25) is 0 Å². The highest BCUT2D eigenvalue weighted by molar-refractivity contribution is 5.69. The monoisotopic (exact) mass is 325 g/mol. The molecule has 2 N–H and O–H groups in total. The summed E-state index contributed by atoms with van der Waals surface area (Å²) >= 11 is 0. The van der Waals surface area contributed by atoms with Gasteiger partial charge in [0.15, 0.2) is 0 Å². The second-order valence-electron chi connectivity index (χ2n) is 6.74. The molecule has 24 heavy (non-hydrogen) atoms. The number of hydrogen-bond donors (Lipinski definition) is 1. The van der Waals surface area contributed by atoms with Gasteiger partial charge in [-0.15, -0.1) is 0 Å². The molecule has 1 atom stereocenters. The molecule has 1 aliphatic rings. The SMILES string of the molecule is CC(C)c1cccc(-c2ccc3c(c2)OCCC3(C)OC(N)=O)c1. The molecule has 4 nitrogen and oxygen atoms in total. The molecular weight excluding hydrogens is 302 g/mol. The number of carbonyl (C=O) groups is 1. The van der Waals surface area contributed by atoms with Gasteiger partial charge in [0, 0.05) is 12.0 Å². The predicted molar refractivity (Wildman–Crippen MR) is 94.1 cm³/mol. The highest BCUT2D eigenvalue weighted by Gasteiger charge is 2.36. The van der Waals surface area contributed by atoms with E-state index in [1.807, 2.05) is 25.1 Å². The third-order valence-corrected chi connectivity index (χ3v) is 4.60. The van der Waals surface area contributed by atoms with Crippen LogP contribution in [0.5, 0.6) is 5.75 Å². The maximum Gasteiger partial charge on any atom is 0.405 e. The van der Waals surface area contributed by atoms with Crippen molar-refractivity contribution in [2.45, 2.75) is 38.7 Å². The number of ether oxygens (including phenoxy) is 2. The van der Waals surface area contributed by atoms with Crippen LogP contribution >= 0.6 is 0 Å².